The fourth-order valence-electron chi connectivity index (χ4n) is 14.9. The Bertz CT molecular complexity index is 3630. The number of hydrogen-bond donors (Lipinski definition) is 0. The predicted octanol–water partition coefficient (Wildman–Crippen LogP) is 18.0. The monoisotopic (exact) mass is 906 g/mol. The summed E-state index contributed by atoms with van der Waals surface area (Å²) in [6.07, 6.45) is 5.03. The van der Waals surface area contributed by atoms with Gasteiger partial charge in [0, 0.05) is 55.8 Å². The molecule has 0 amide bonds. The molecule has 2 unspecified atom stereocenters. The summed E-state index contributed by atoms with van der Waals surface area (Å²) in [5.41, 5.74) is 27.5. The van der Waals surface area contributed by atoms with Crippen LogP contribution in [0.1, 0.15) is 121 Å². The van der Waals surface area contributed by atoms with Gasteiger partial charge in [0.15, 0.2) is 0 Å². The second-order valence-corrected chi connectivity index (χ2v) is 24.3. The Hall–Kier alpha value is -6.90. The van der Waals surface area contributed by atoms with E-state index in [9.17, 15) is 0 Å². The number of anilines is 5. The van der Waals surface area contributed by atoms with Crippen molar-refractivity contribution in [1.29, 1.82) is 0 Å². The smallest absolute Gasteiger partial charge is 0.0542 e. The SMILES string of the molecule is CC1C=CC2=C3C1C(C)(C)c1cc(-c4ccc5ccccc5c4)cc4c1N3c1c(cc(N(c3ccc5c(c3)C(C)(C)c3ccccc3-5)c3ccc5c(c3)C(C)(C)c3ccccc3-5)cc1C4(C)C)C2(C)C. The highest BCUT2D eigenvalue weighted by molar-refractivity contribution is 5.97. The molecule has 344 valence electrons. The molecule has 3 aliphatic carbocycles. The molecule has 8 aromatic rings. The summed E-state index contributed by atoms with van der Waals surface area (Å²) < 4.78 is 0. The maximum atomic E-state index is 2.79. The number of hydrogen-bond acceptors (Lipinski definition) is 2. The number of allylic oxidation sites excluding steroid dienone is 4. The molecule has 0 saturated heterocycles. The Morgan fingerprint density at radius 3 is 1.51 bits per heavy atom. The maximum absolute atomic E-state index is 2.79. The zero-order valence-corrected chi connectivity index (χ0v) is 42.6. The van der Waals surface area contributed by atoms with Crippen molar-refractivity contribution >= 4 is 39.2 Å². The van der Waals surface area contributed by atoms with Crippen molar-refractivity contribution < 1.29 is 0 Å². The van der Waals surface area contributed by atoms with Crippen LogP contribution in [0.3, 0.4) is 0 Å². The standard InChI is InChI=1S/C68H62N2/c1-39-24-31-53-63-60(39)68(10,11)57-34-43(42-26-25-40-18-12-13-19-41(40)32-42)33-56-61(57)70(63)62-58(66(53,6)7)37-46(38-59(62)67(56,8)9)69(44-27-29-49-47-20-14-16-22-51(47)64(2,3)54(49)35-44)45-28-30-50-48-21-15-17-23-52(48)65(4,5)55(50)36-45/h12-39,60H,1-11H3. The van der Waals surface area contributed by atoms with Crippen LogP contribution in [-0.4, -0.2) is 0 Å². The highest BCUT2D eigenvalue weighted by atomic mass is 15.2. The number of rotatable bonds is 4. The average molecular weight is 907 g/mol. The molecule has 0 N–H and O–H groups in total. The van der Waals surface area contributed by atoms with Gasteiger partial charge >= 0.3 is 0 Å². The van der Waals surface area contributed by atoms with E-state index in [2.05, 4.69) is 250 Å². The molecule has 70 heavy (non-hydrogen) atoms. The van der Waals surface area contributed by atoms with Crippen molar-refractivity contribution in [1.82, 2.24) is 0 Å². The molecule has 0 bridgehead atoms. The third kappa shape index (κ3) is 5.20. The molecular formula is C68H62N2. The number of benzene rings is 8. The second-order valence-electron chi connectivity index (χ2n) is 24.3. The number of fused-ring (bicyclic) bond motifs is 7. The molecule has 0 radical (unpaired) electrons. The molecular weight excluding hydrogens is 845 g/mol. The normalized spacial score (nSPS) is 20.9. The molecule has 2 atom stereocenters. The lowest BCUT2D eigenvalue weighted by atomic mass is 9.54. The van der Waals surface area contributed by atoms with Crippen LogP contribution in [0, 0.1) is 11.8 Å². The first-order valence-electron chi connectivity index (χ1n) is 25.8. The van der Waals surface area contributed by atoms with Crippen LogP contribution in [0.25, 0.3) is 44.2 Å². The molecule has 2 heteroatoms. The first-order chi connectivity index (χ1) is 33.4. The van der Waals surface area contributed by atoms with E-state index >= 15 is 0 Å². The van der Waals surface area contributed by atoms with Gasteiger partial charge in [-0.1, -0.05) is 185 Å². The first kappa shape index (κ1) is 42.0. The number of nitrogens with zero attached hydrogens (tertiary/aromatic N) is 2. The van der Waals surface area contributed by atoms with Crippen LogP contribution in [0.15, 0.2) is 175 Å². The second kappa shape index (κ2) is 13.5. The Labute approximate surface area is 415 Å². The molecule has 3 heterocycles. The van der Waals surface area contributed by atoms with Crippen molar-refractivity contribution in [2.45, 2.75) is 103 Å². The highest BCUT2D eigenvalue weighted by Crippen LogP contribution is 2.68. The van der Waals surface area contributed by atoms with Gasteiger partial charge in [-0.3, -0.25) is 0 Å². The topological polar surface area (TPSA) is 6.48 Å². The van der Waals surface area contributed by atoms with Crippen molar-refractivity contribution in [2.24, 2.45) is 11.8 Å². The van der Waals surface area contributed by atoms with Gasteiger partial charge in [-0.2, -0.15) is 0 Å². The average Bonchev–Trinajstić information content (AvgIpc) is 3.72. The van der Waals surface area contributed by atoms with E-state index in [1.807, 2.05) is 0 Å². The molecule has 0 fully saturated rings. The van der Waals surface area contributed by atoms with Crippen molar-refractivity contribution in [3.8, 4) is 33.4 Å². The molecule has 0 saturated carbocycles. The van der Waals surface area contributed by atoms with Crippen LogP contribution >= 0.6 is 0 Å². The molecule has 3 aliphatic heterocycles. The summed E-state index contributed by atoms with van der Waals surface area (Å²) in [4.78, 5) is 5.40. The lowest BCUT2D eigenvalue weighted by Crippen LogP contribution is -2.52. The molecule has 6 aliphatic rings. The van der Waals surface area contributed by atoms with Gasteiger partial charge in [-0.25, -0.2) is 0 Å². The van der Waals surface area contributed by atoms with E-state index in [0.29, 0.717) is 11.8 Å². The minimum atomic E-state index is -0.338. The van der Waals surface area contributed by atoms with Gasteiger partial charge < -0.3 is 9.80 Å². The fraction of sp³-hybridized carbons (Fsp3) is 0.265. The van der Waals surface area contributed by atoms with Gasteiger partial charge in [-0.05, 0) is 155 Å². The predicted molar refractivity (Wildman–Crippen MR) is 295 cm³/mol. The third-order valence-corrected chi connectivity index (χ3v) is 18.7. The first-order valence-corrected chi connectivity index (χ1v) is 25.8. The van der Waals surface area contributed by atoms with E-state index in [-0.39, 0.29) is 27.1 Å². The molecule has 2 nitrogen and oxygen atoms in total. The van der Waals surface area contributed by atoms with E-state index in [0.717, 1.165) is 0 Å². The largest absolute Gasteiger partial charge is 0.312 e. The van der Waals surface area contributed by atoms with Crippen LogP contribution in [-0.2, 0) is 27.1 Å². The Kier molecular flexibility index (Phi) is 8.10. The lowest BCUT2D eigenvalue weighted by Gasteiger charge is -2.60. The van der Waals surface area contributed by atoms with E-state index < -0.39 is 0 Å². The van der Waals surface area contributed by atoms with Crippen molar-refractivity contribution in [2.75, 3.05) is 9.80 Å². The molecule has 0 spiro atoms. The quantitative estimate of drug-likeness (QED) is 0.174. The van der Waals surface area contributed by atoms with E-state index in [1.165, 1.54) is 128 Å². The Balaban J connectivity index is 1.05. The molecule has 8 aromatic carbocycles. The van der Waals surface area contributed by atoms with E-state index in [1.54, 1.807) is 0 Å². The van der Waals surface area contributed by atoms with Crippen LogP contribution in [0.5, 0.6) is 0 Å². The zero-order valence-electron chi connectivity index (χ0n) is 42.6. The summed E-state index contributed by atoms with van der Waals surface area (Å²) >= 11 is 0. The third-order valence-electron chi connectivity index (χ3n) is 18.7. The van der Waals surface area contributed by atoms with Gasteiger partial charge in [0.2, 0.25) is 0 Å². The summed E-state index contributed by atoms with van der Waals surface area (Å²) in [5.74, 6) is 0.695. The van der Waals surface area contributed by atoms with Crippen LogP contribution in [0.4, 0.5) is 28.4 Å². The summed E-state index contributed by atoms with van der Waals surface area (Å²) in [5, 5.41) is 2.56. The van der Waals surface area contributed by atoms with Gasteiger partial charge in [0.05, 0.1) is 11.4 Å². The summed E-state index contributed by atoms with van der Waals surface area (Å²) in [6.45, 7) is 27.2. The summed E-state index contributed by atoms with van der Waals surface area (Å²) in [6, 6.07) is 58.9. The van der Waals surface area contributed by atoms with Crippen LogP contribution < -0.4 is 9.80 Å². The van der Waals surface area contributed by atoms with Gasteiger partial charge in [0.1, 0.15) is 0 Å². The van der Waals surface area contributed by atoms with Crippen LogP contribution in [0.2, 0.25) is 0 Å². The Morgan fingerprint density at radius 1 is 0.400 bits per heavy atom. The van der Waals surface area contributed by atoms with Crippen molar-refractivity contribution in [3.05, 3.63) is 220 Å². The van der Waals surface area contributed by atoms with Gasteiger partial charge in [0.25, 0.3) is 0 Å². The van der Waals surface area contributed by atoms with Crippen molar-refractivity contribution in [3.63, 3.8) is 0 Å². The van der Waals surface area contributed by atoms with Gasteiger partial charge in [-0.15, -0.1) is 0 Å². The van der Waals surface area contributed by atoms with E-state index in [4.69, 9.17) is 0 Å². The summed E-state index contributed by atoms with van der Waals surface area (Å²) in [7, 11) is 0. The molecule has 0 aromatic heterocycles. The minimum Gasteiger partial charge on any atom is -0.312 e. The minimum absolute atomic E-state index is 0.113. The zero-order chi connectivity index (χ0) is 48.2. The Morgan fingerprint density at radius 2 is 0.886 bits per heavy atom. The molecule has 14 rings (SSSR count). The fourth-order valence-corrected chi connectivity index (χ4v) is 14.9. The lowest BCUT2D eigenvalue weighted by molar-refractivity contribution is 0.278. The highest BCUT2D eigenvalue weighted by Gasteiger charge is 2.57. The maximum Gasteiger partial charge on any atom is 0.0542 e.